The summed E-state index contributed by atoms with van der Waals surface area (Å²) in [4.78, 5) is 10.5. The van der Waals surface area contributed by atoms with Crippen LogP contribution in [-0.2, 0) is 13.6 Å². The Morgan fingerprint density at radius 2 is 1.60 bits per heavy atom. The van der Waals surface area contributed by atoms with Crippen molar-refractivity contribution in [2.75, 3.05) is 0 Å². The van der Waals surface area contributed by atoms with Gasteiger partial charge in [0.25, 0.3) is 0 Å². The predicted octanol–water partition coefficient (Wildman–Crippen LogP) is 2.38. The van der Waals surface area contributed by atoms with Crippen molar-refractivity contribution in [2.24, 2.45) is 0 Å². The lowest BCUT2D eigenvalue weighted by Crippen LogP contribution is -2.43. The van der Waals surface area contributed by atoms with Crippen molar-refractivity contribution < 1.29 is 18.8 Å². The molecule has 0 rings (SSSR count). The smallest absolute Gasteiger partial charge is 0.335 e. The molecule has 0 spiro atoms. The average molecular weight is 234 g/mol. The lowest BCUT2D eigenvalue weighted by Gasteiger charge is -2.30. The molecule has 0 radical (unpaired) electrons. The number of carboxylic acids is 1. The largest absolute Gasteiger partial charge is 0.481 e. The van der Waals surface area contributed by atoms with Gasteiger partial charge in [-0.1, -0.05) is 0 Å². The summed E-state index contributed by atoms with van der Waals surface area (Å²) in [7, 11) is -2.32. The molecule has 1 N–H and O–H groups in total. The number of carbonyl (C=O) groups is 1. The molecule has 0 aromatic carbocycles. The molecule has 0 unspecified atom stereocenters. The van der Waals surface area contributed by atoms with E-state index in [1.165, 1.54) is 0 Å². The third-order valence-electron chi connectivity index (χ3n) is 1.76. The summed E-state index contributed by atoms with van der Waals surface area (Å²) in [6.07, 6.45) is 0.269. The minimum atomic E-state index is -2.32. The van der Waals surface area contributed by atoms with Gasteiger partial charge < -0.3 is 14.0 Å². The molecule has 0 saturated heterocycles. The zero-order valence-corrected chi connectivity index (χ0v) is 11.2. The van der Waals surface area contributed by atoms with E-state index in [1.807, 2.05) is 34.2 Å². The summed E-state index contributed by atoms with van der Waals surface area (Å²) < 4.78 is 11.5. The van der Waals surface area contributed by atoms with Gasteiger partial charge in [0.1, 0.15) is 0 Å². The van der Waals surface area contributed by atoms with Gasteiger partial charge in [-0.2, -0.15) is 0 Å². The zero-order chi connectivity index (χ0) is 12.1. The maximum Gasteiger partial charge on any atom is 0.335 e. The van der Waals surface area contributed by atoms with Crippen LogP contribution in [0.4, 0.5) is 0 Å². The van der Waals surface area contributed by atoms with Crippen molar-refractivity contribution in [3.8, 4) is 0 Å². The van der Waals surface area contributed by atoms with Crippen molar-refractivity contribution in [1.82, 2.24) is 0 Å². The van der Waals surface area contributed by atoms with E-state index in [-0.39, 0.29) is 18.6 Å². The quantitative estimate of drug-likeness (QED) is 0.687. The fourth-order valence-electron chi connectivity index (χ4n) is 1.48. The van der Waals surface area contributed by atoms with Crippen LogP contribution in [0.3, 0.4) is 0 Å². The summed E-state index contributed by atoms with van der Waals surface area (Å²) in [5, 5.41) is 8.66. The molecule has 0 amide bonds. The molecule has 0 aliphatic heterocycles. The van der Waals surface area contributed by atoms with Gasteiger partial charge in [-0.25, -0.2) is 0 Å². The first-order valence-corrected chi connectivity index (χ1v) is 7.85. The maximum absolute atomic E-state index is 10.5. The predicted molar refractivity (Wildman–Crippen MR) is 61.1 cm³/mol. The number of aliphatic carboxylic acids is 1. The fraction of sp³-hybridized carbons (Fsp3) is 0.900. The highest BCUT2D eigenvalue weighted by Crippen LogP contribution is 2.19. The topological polar surface area (TPSA) is 55.8 Å². The summed E-state index contributed by atoms with van der Waals surface area (Å²) in [6.45, 7) is 9.69. The van der Waals surface area contributed by atoms with E-state index in [4.69, 9.17) is 14.0 Å². The van der Waals surface area contributed by atoms with Crippen LogP contribution < -0.4 is 0 Å². The van der Waals surface area contributed by atoms with Crippen molar-refractivity contribution in [3.63, 3.8) is 0 Å². The standard InChI is InChI=1S/C10H22O4Si/c1-8(2)13-15(5,14-9(3)4)7-6-10(11)12/h8-9H,6-7H2,1-5H3,(H,11,12). The van der Waals surface area contributed by atoms with E-state index < -0.39 is 14.5 Å². The lowest BCUT2D eigenvalue weighted by molar-refractivity contribution is -0.136. The molecule has 15 heavy (non-hydrogen) atoms. The lowest BCUT2D eigenvalue weighted by atomic mass is 10.5. The normalized spacial score (nSPS) is 12.5. The minimum Gasteiger partial charge on any atom is -0.481 e. The van der Waals surface area contributed by atoms with Crippen molar-refractivity contribution in [2.45, 2.75) is 58.9 Å². The molecule has 0 aromatic rings. The number of hydrogen-bond donors (Lipinski definition) is 1. The molecular weight excluding hydrogens is 212 g/mol. The Balaban J connectivity index is 4.32. The first-order valence-electron chi connectivity index (χ1n) is 5.32. The number of rotatable bonds is 7. The van der Waals surface area contributed by atoms with Gasteiger partial charge in [-0.05, 0) is 34.2 Å². The summed E-state index contributed by atoms with van der Waals surface area (Å²) in [6, 6.07) is 0.499. The Morgan fingerprint density at radius 1 is 1.20 bits per heavy atom. The Kier molecular flexibility index (Phi) is 6.08. The van der Waals surface area contributed by atoms with Crippen LogP contribution in [0.1, 0.15) is 34.1 Å². The maximum atomic E-state index is 10.5. The van der Waals surface area contributed by atoms with Crippen LogP contribution in [0.25, 0.3) is 0 Å². The Labute approximate surface area is 92.8 Å². The molecular formula is C10H22O4Si. The molecule has 0 atom stereocenters. The highest BCUT2D eigenvalue weighted by molar-refractivity contribution is 6.66. The molecule has 4 nitrogen and oxygen atoms in total. The second-order valence-corrected chi connectivity index (χ2v) is 7.60. The molecule has 0 saturated carbocycles. The van der Waals surface area contributed by atoms with E-state index in [0.29, 0.717) is 6.04 Å². The summed E-state index contributed by atoms with van der Waals surface area (Å²) in [5.41, 5.74) is 0. The van der Waals surface area contributed by atoms with Gasteiger partial charge in [-0.15, -0.1) is 0 Å². The van der Waals surface area contributed by atoms with Gasteiger partial charge in [0.2, 0.25) is 0 Å². The minimum absolute atomic E-state index is 0.0780. The van der Waals surface area contributed by atoms with E-state index >= 15 is 0 Å². The van der Waals surface area contributed by atoms with Crippen LogP contribution in [0, 0.1) is 0 Å². The van der Waals surface area contributed by atoms with Crippen LogP contribution in [-0.4, -0.2) is 31.8 Å². The van der Waals surface area contributed by atoms with Gasteiger partial charge in [0, 0.05) is 24.7 Å². The third-order valence-corrected chi connectivity index (χ3v) is 4.86. The highest BCUT2D eigenvalue weighted by Gasteiger charge is 2.34. The van der Waals surface area contributed by atoms with Gasteiger partial charge in [0.05, 0.1) is 0 Å². The third kappa shape index (κ3) is 7.53. The molecule has 90 valence electrons. The summed E-state index contributed by atoms with van der Waals surface area (Å²) >= 11 is 0. The Hall–Kier alpha value is -0.393. The van der Waals surface area contributed by atoms with Gasteiger partial charge in [0.15, 0.2) is 0 Å². The molecule has 0 fully saturated rings. The number of carboxylic acid groups (broad SMARTS) is 1. The molecule has 0 aromatic heterocycles. The zero-order valence-electron chi connectivity index (χ0n) is 10.2. The van der Waals surface area contributed by atoms with Crippen LogP contribution in [0.15, 0.2) is 0 Å². The second kappa shape index (κ2) is 6.25. The average Bonchev–Trinajstić information content (AvgIpc) is 1.97. The van der Waals surface area contributed by atoms with Crippen LogP contribution in [0.5, 0.6) is 0 Å². The van der Waals surface area contributed by atoms with Crippen LogP contribution >= 0.6 is 0 Å². The molecule has 5 heteroatoms. The van der Waals surface area contributed by atoms with Gasteiger partial charge >= 0.3 is 14.5 Å². The molecule has 0 bridgehead atoms. The van der Waals surface area contributed by atoms with Crippen molar-refractivity contribution >= 4 is 14.5 Å². The Bertz CT molecular complexity index is 194. The number of hydrogen-bond acceptors (Lipinski definition) is 3. The second-order valence-electron chi connectivity index (χ2n) is 4.36. The Morgan fingerprint density at radius 3 is 1.87 bits per heavy atom. The molecule has 0 aliphatic carbocycles. The first-order chi connectivity index (χ1) is 6.75. The highest BCUT2D eigenvalue weighted by atomic mass is 28.4. The SMILES string of the molecule is CC(C)O[Si](C)(CCC(=O)O)OC(C)C. The first kappa shape index (κ1) is 14.6. The van der Waals surface area contributed by atoms with E-state index in [0.717, 1.165) is 0 Å². The van der Waals surface area contributed by atoms with Crippen molar-refractivity contribution in [3.05, 3.63) is 0 Å². The van der Waals surface area contributed by atoms with Crippen LogP contribution in [0.2, 0.25) is 12.6 Å². The molecule has 0 heterocycles. The fourth-order valence-corrected chi connectivity index (χ4v) is 4.43. The van der Waals surface area contributed by atoms with E-state index in [9.17, 15) is 4.79 Å². The van der Waals surface area contributed by atoms with Gasteiger partial charge in [-0.3, -0.25) is 4.79 Å². The van der Waals surface area contributed by atoms with Crippen molar-refractivity contribution in [1.29, 1.82) is 0 Å². The monoisotopic (exact) mass is 234 g/mol. The summed E-state index contributed by atoms with van der Waals surface area (Å²) in [5.74, 6) is -0.798. The van der Waals surface area contributed by atoms with E-state index in [1.54, 1.807) is 0 Å². The van der Waals surface area contributed by atoms with E-state index in [2.05, 4.69) is 0 Å². The molecule has 0 aliphatic rings.